The maximum absolute atomic E-state index is 5.40. The summed E-state index contributed by atoms with van der Waals surface area (Å²) in [6, 6.07) is 12.5. The number of aryl methyl sites for hydroxylation is 1. The summed E-state index contributed by atoms with van der Waals surface area (Å²) in [5, 5.41) is 0. The van der Waals surface area contributed by atoms with Gasteiger partial charge in [0.05, 0.1) is 11.9 Å². The number of benzene rings is 1. The number of para-hydroxylation sites is 1. The largest absolute Gasteiger partial charge is 0.496 e. The zero-order valence-corrected chi connectivity index (χ0v) is 12.3. The second-order valence-corrected chi connectivity index (χ2v) is 5.88. The van der Waals surface area contributed by atoms with Crippen molar-refractivity contribution in [3.05, 3.63) is 51.7 Å². The van der Waals surface area contributed by atoms with Gasteiger partial charge in [-0.05, 0) is 24.6 Å². The smallest absolute Gasteiger partial charge is 0.123 e. The van der Waals surface area contributed by atoms with Crippen molar-refractivity contribution in [2.75, 3.05) is 7.11 Å². The van der Waals surface area contributed by atoms with Crippen LogP contribution in [-0.4, -0.2) is 7.11 Å². The molecule has 1 aromatic heterocycles. The van der Waals surface area contributed by atoms with Gasteiger partial charge in [-0.15, -0.1) is 11.3 Å². The first-order chi connectivity index (χ1) is 8.26. The van der Waals surface area contributed by atoms with Gasteiger partial charge in [0.1, 0.15) is 5.75 Å². The number of thiophene rings is 1. The van der Waals surface area contributed by atoms with Gasteiger partial charge in [-0.3, -0.25) is 0 Å². The number of hydrogen-bond donors (Lipinski definition) is 0. The molecule has 1 aromatic carbocycles. The Balaban J connectivity index is 2.32. The Hall–Kier alpha value is -0.800. The zero-order valence-electron chi connectivity index (χ0n) is 9.94. The highest BCUT2D eigenvalue weighted by atomic mass is 79.9. The summed E-state index contributed by atoms with van der Waals surface area (Å²) in [5.41, 5.74) is 1.18. The Bertz CT molecular complexity index is 492. The fourth-order valence-corrected chi connectivity index (χ4v) is 3.51. The van der Waals surface area contributed by atoms with Crippen LogP contribution < -0.4 is 4.74 Å². The molecule has 17 heavy (non-hydrogen) atoms. The predicted molar refractivity (Wildman–Crippen MR) is 77.5 cm³/mol. The van der Waals surface area contributed by atoms with E-state index in [9.17, 15) is 0 Å². The van der Waals surface area contributed by atoms with Crippen LogP contribution in [0.2, 0.25) is 0 Å². The summed E-state index contributed by atoms with van der Waals surface area (Å²) in [6.45, 7) is 2.18. The third-order valence-corrected chi connectivity index (χ3v) is 5.28. The third kappa shape index (κ3) is 2.72. The highest BCUT2D eigenvalue weighted by molar-refractivity contribution is 9.09. The van der Waals surface area contributed by atoms with Crippen LogP contribution in [0.15, 0.2) is 36.4 Å². The number of rotatable bonds is 4. The Morgan fingerprint density at radius 2 is 2.00 bits per heavy atom. The summed E-state index contributed by atoms with van der Waals surface area (Å²) < 4.78 is 5.40. The second kappa shape index (κ2) is 5.69. The number of ether oxygens (including phenoxy) is 1. The average Bonchev–Trinajstić information content (AvgIpc) is 2.86. The first kappa shape index (κ1) is 12.7. The molecule has 0 bridgehead atoms. The lowest BCUT2D eigenvalue weighted by Crippen LogP contribution is -1.94. The summed E-state index contributed by atoms with van der Waals surface area (Å²) in [6.07, 6.45) is 1.09. The van der Waals surface area contributed by atoms with Gasteiger partial charge in [0.25, 0.3) is 0 Å². The van der Waals surface area contributed by atoms with Gasteiger partial charge in [-0.25, -0.2) is 0 Å². The highest BCUT2D eigenvalue weighted by Gasteiger charge is 2.16. The molecule has 2 rings (SSSR count). The molecule has 0 amide bonds. The zero-order chi connectivity index (χ0) is 12.3. The topological polar surface area (TPSA) is 9.23 Å². The van der Waals surface area contributed by atoms with Crippen molar-refractivity contribution in [2.24, 2.45) is 0 Å². The first-order valence-corrected chi connectivity index (χ1v) is 7.35. The van der Waals surface area contributed by atoms with Gasteiger partial charge in [-0.2, -0.15) is 0 Å². The molecular weight excluding hydrogens is 296 g/mol. The fourth-order valence-electron chi connectivity index (χ4n) is 1.75. The van der Waals surface area contributed by atoms with E-state index < -0.39 is 0 Å². The van der Waals surface area contributed by atoms with E-state index in [1.165, 1.54) is 15.3 Å². The predicted octanol–water partition coefficient (Wildman–Crippen LogP) is 4.80. The molecule has 0 saturated carbocycles. The summed E-state index contributed by atoms with van der Waals surface area (Å²) in [5.74, 6) is 0.931. The Labute approximate surface area is 115 Å². The molecule has 0 aliphatic heterocycles. The molecule has 0 fully saturated rings. The molecule has 2 aromatic rings. The maximum Gasteiger partial charge on any atom is 0.123 e. The van der Waals surface area contributed by atoms with Crippen molar-refractivity contribution in [2.45, 2.75) is 18.2 Å². The number of alkyl halides is 1. The van der Waals surface area contributed by atoms with Crippen LogP contribution in [0.5, 0.6) is 5.75 Å². The van der Waals surface area contributed by atoms with E-state index in [-0.39, 0.29) is 4.83 Å². The van der Waals surface area contributed by atoms with Crippen LogP contribution in [0, 0.1) is 0 Å². The molecule has 0 radical (unpaired) electrons. The van der Waals surface area contributed by atoms with Crippen molar-refractivity contribution in [3.8, 4) is 5.75 Å². The monoisotopic (exact) mass is 310 g/mol. The van der Waals surface area contributed by atoms with E-state index in [1.807, 2.05) is 29.5 Å². The molecule has 1 nitrogen and oxygen atoms in total. The van der Waals surface area contributed by atoms with Crippen molar-refractivity contribution in [3.63, 3.8) is 0 Å². The third-order valence-electron chi connectivity index (χ3n) is 2.69. The highest BCUT2D eigenvalue weighted by Crippen LogP contribution is 2.39. The number of halogens is 1. The number of methoxy groups -OCH3 is 1. The van der Waals surface area contributed by atoms with Crippen LogP contribution >= 0.6 is 27.3 Å². The minimum absolute atomic E-state index is 0.212. The van der Waals surface area contributed by atoms with Gasteiger partial charge < -0.3 is 4.74 Å². The van der Waals surface area contributed by atoms with Crippen molar-refractivity contribution < 1.29 is 4.74 Å². The minimum Gasteiger partial charge on any atom is -0.496 e. The van der Waals surface area contributed by atoms with Crippen molar-refractivity contribution in [1.82, 2.24) is 0 Å². The van der Waals surface area contributed by atoms with Gasteiger partial charge in [-0.1, -0.05) is 41.1 Å². The van der Waals surface area contributed by atoms with E-state index in [0.717, 1.165) is 12.2 Å². The molecule has 0 aliphatic carbocycles. The molecular formula is C14H15BrOS. The van der Waals surface area contributed by atoms with Crippen molar-refractivity contribution in [1.29, 1.82) is 0 Å². The van der Waals surface area contributed by atoms with Gasteiger partial charge in [0, 0.05) is 15.3 Å². The van der Waals surface area contributed by atoms with Crippen LogP contribution in [0.1, 0.15) is 27.1 Å². The summed E-state index contributed by atoms with van der Waals surface area (Å²) in [7, 11) is 1.71. The fraction of sp³-hybridized carbons (Fsp3) is 0.286. The van der Waals surface area contributed by atoms with E-state index >= 15 is 0 Å². The Morgan fingerprint density at radius 3 is 2.65 bits per heavy atom. The van der Waals surface area contributed by atoms with Crippen molar-refractivity contribution >= 4 is 27.3 Å². The van der Waals surface area contributed by atoms with Crippen LogP contribution in [0.4, 0.5) is 0 Å². The Kier molecular flexibility index (Phi) is 4.24. The lowest BCUT2D eigenvalue weighted by molar-refractivity contribution is 0.410. The summed E-state index contributed by atoms with van der Waals surface area (Å²) in [4.78, 5) is 2.95. The van der Waals surface area contributed by atoms with Gasteiger partial charge >= 0.3 is 0 Å². The molecule has 1 heterocycles. The molecule has 0 saturated heterocycles. The molecule has 3 heteroatoms. The van der Waals surface area contributed by atoms with Crippen LogP contribution in [0.25, 0.3) is 0 Å². The molecule has 0 N–H and O–H groups in total. The SMILES string of the molecule is CCc1ccc(C(Br)c2ccccc2OC)s1. The van der Waals surface area contributed by atoms with Gasteiger partial charge in [0.2, 0.25) is 0 Å². The first-order valence-electron chi connectivity index (χ1n) is 5.61. The van der Waals surface area contributed by atoms with E-state index in [4.69, 9.17) is 4.74 Å². The molecule has 1 atom stereocenters. The lowest BCUT2D eigenvalue weighted by Gasteiger charge is -2.12. The summed E-state index contributed by atoms with van der Waals surface area (Å²) >= 11 is 5.61. The number of hydrogen-bond acceptors (Lipinski definition) is 2. The normalized spacial score (nSPS) is 12.4. The van der Waals surface area contributed by atoms with Gasteiger partial charge in [0.15, 0.2) is 0 Å². The van der Waals surface area contributed by atoms with E-state index in [1.54, 1.807) is 7.11 Å². The van der Waals surface area contributed by atoms with Crippen LogP contribution in [0.3, 0.4) is 0 Å². The second-order valence-electron chi connectivity index (χ2n) is 3.76. The van der Waals surface area contributed by atoms with E-state index in [0.29, 0.717) is 0 Å². The molecule has 0 aliphatic rings. The molecule has 1 unspecified atom stereocenters. The molecule has 0 spiro atoms. The Morgan fingerprint density at radius 1 is 1.24 bits per heavy atom. The molecule has 90 valence electrons. The quantitative estimate of drug-likeness (QED) is 0.737. The minimum atomic E-state index is 0.212. The van der Waals surface area contributed by atoms with E-state index in [2.05, 4.69) is 41.1 Å². The standard InChI is InChI=1S/C14H15BrOS/c1-3-10-8-9-13(17-10)14(15)11-6-4-5-7-12(11)16-2/h4-9,14H,3H2,1-2H3. The van der Waals surface area contributed by atoms with Crippen LogP contribution in [-0.2, 0) is 6.42 Å². The average molecular weight is 311 g/mol. The lowest BCUT2D eigenvalue weighted by atomic mass is 10.1. The maximum atomic E-state index is 5.40.